The van der Waals surface area contributed by atoms with Crippen LogP contribution >= 0.6 is 0 Å². The molecule has 2 aliphatic rings. The van der Waals surface area contributed by atoms with Crippen molar-refractivity contribution in [3.05, 3.63) is 65.2 Å². The molecule has 2 aliphatic heterocycles. The standard InChI is InChI=1S/C21H22F3NO4S/c1-30(26,27)28-12-15-8-9-16-19(13-5-3-2-4-6-13)25-18-10-7-14(21(22,23)24)11-17(18)20(16)29-15/h2-7,10-11,15-16,19-20,25H,8-9,12H2,1H3/t15?,16?,19-,20?/m0/s1. The highest BCUT2D eigenvalue weighted by Crippen LogP contribution is 2.51. The molecule has 0 bridgehead atoms. The summed E-state index contributed by atoms with van der Waals surface area (Å²) in [6.45, 7) is -0.153. The van der Waals surface area contributed by atoms with E-state index in [1.54, 1.807) is 0 Å². The normalized spacial score (nSPS) is 26.4. The van der Waals surface area contributed by atoms with Gasteiger partial charge >= 0.3 is 6.18 Å². The van der Waals surface area contributed by atoms with Crippen molar-refractivity contribution >= 4 is 15.8 Å². The minimum absolute atomic E-state index is 0.0992. The first-order valence-corrected chi connectivity index (χ1v) is 11.5. The van der Waals surface area contributed by atoms with Gasteiger partial charge in [0.2, 0.25) is 0 Å². The Kier molecular flexibility index (Phi) is 5.54. The lowest BCUT2D eigenvalue weighted by Crippen LogP contribution is -2.40. The predicted molar refractivity (Wildman–Crippen MR) is 105 cm³/mol. The molecule has 0 saturated carbocycles. The predicted octanol–water partition coefficient (Wildman–Crippen LogP) is 4.68. The van der Waals surface area contributed by atoms with Crippen LogP contribution in [0.4, 0.5) is 18.9 Å². The number of ether oxygens (including phenoxy) is 1. The number of benzene rings is 2. The molecule has 162 valence electrons. The van der Waals surface area contributed by atoms with Gasteiger partial charge in [0.15, 0.2) is 0 Å². The van der Waals surface area contributed by atoms with Gasteiger partial charge in [0.05, 0.1) is 36.7 Å². The van der Waals surface area contributed by atoms with Crippen molar-refractivity contribution in [2.75, 3.05) is 18.2 Å². The van der Waals surface area contributed by atoms with Crippen LogP contribution < -0.4 is 5.32 Å². The fourth-order valence-electron chi connectivity index (χ4n) is 4.24. The fraction of sp³-hybridized carbons (Fsp3) is 0.429. The van der Waals surface area contributed by atoms with E-state index in [0.29, 0.717) is 24.1 Å². The molecule has 2 heterocycles. The van der Waals surface area contributed by atoms with Crippen LogP contribution in [0.2, 0.25) is 0 Å². The molecule has 1 fully saturated rings. The van der Waals surface area contributed by atoms with E-state index in [9.17, 15) is 21.6 Å². The van der Waals surface area contributed by atoms with E-state index in [0.717, 1.165) is 24.0 Å². The second kappa shape index (κ2) is 7.86. The highest BCUT2D eigenvalue weighted by atomic mass is 32.2. The van der Waals surface area contributed by atoms with E-state index >= 15 is 0 Å². The summed E-state index contributed by atoms with van der Waals surface area (Å²) >= 11 is 0. The summed E-state index contributed by atoms with van der Waals surface area (Å²) in [5.74, 6) is -0.0992. The Morgan fingerprint density at radius 1 is 1.13 bits per heavy atom. The minimum atomic E-state index is -4.46. The van der Waals surface area contributed by atoms with Crippen molar-refractivity contribution < 1.29 is 30.5 Å². The van der Waals surface area contributed by atoms with Crippen molar-refractivity contribution in [1.82, 2.24) is 0 Å². The first-order valence-electron chi connectivity index (χ1n) is 9.64. The molecule has 2 aromatic carbocycles. The number of alkyl halides is 3. The van der Waals surface area contributed by atoms with Crippen LogP contribution in [0.5, 0.6) is 0 Å². The number of hydrogen-bond acceptors (Lipinski definition) is 5. The van der Waals surface area contributed by atoms with E-state index < -0.39 is 34.1 Å². The summed E-state index contributed by atoms with van der Waals surface area (Å²) in [7, 11) is -3.63. The zero-order valence-electron chi connectivity index (χ0n) is 16.2. The number of hydrogen-bond donors (Lipinski definition) is 1. The highest BCUT2D eigenvalue weighted by molar-refractivity contribution is 7.85. The SMILES string of the molecule is CS(=O)(=O)OCC1CCC2C(O1)c1cc(C(F)(F)F)ccc1N[C@H]2c1ccccc1. The maximum Gasteiger partial charge on any atom is 0.416 e. The average molecular weight is 441 g/mol. The first kappa shape index (κ1) is 21.1. The van der Waals surface area contributed by atoms with Gasteiger partial charge in [0.25, 0.3) is 10.1 Å². The fourth-order valence-corrected chi connectivity index (χ4v) is 4.64. The van der Waals surface area contributed by atoms with Gasteiger partial charge in [-0.2, -0.15) is 21.6 Å². The largest absolute Gasteiger partial charge is 0.416 e. The molecule has 4 atom stereocenters. The Bertz CT molecular complexity index is 1010. The third kappa shape index (κ3) is 4.48. The zero-order valence-corrected chi connectivity index (χ0v) is 17.0. The number of anilines is 1. The number of rotatable bonds is 4. The number of halogens is 3. The molecule has 30 heavy (non-hydrogen) atoms. The van der Waals surface area contributed by atoms with Gasteiger partial charge in [-0.15, -0.1) is 0 Å². The van der Waals surface area contributed by atoms with Crippen molar-refractivity contribution in [2.24, 2.45) is 5.92 Å². The Labute approximate surface area is 173 Å². The Balaban J connectivity index is 1.69. The van der Waals surface area contributed by atoms with Crippen LogP contribution in [0.1, 0.15) is 41.7 Å². The molecule has 3 unspecified atom stereocenters. The maximum atomic E-state index is 13.3. The topological polar surface area (TPSA) is 64.6 Å². The first-order chi connectivity index (χ1) is 14.1. The summed E-state index contributed by atoms with van der Waals surface area (Å²) in [6.07, 6.45) is -3.41. The molecule has 1 saturated heterocycles. The van der Waals surface area contributed by atoms with Gasteiger partial charge in [0, 0.05) is 17.2 Å². The third-order valence-electron chi connectivity index (χ3n) is 5.60. The molecule has 0 radical (unpaired) electrons. The van der Waals surface area contributed by atoms with Crippen molar-refractivity contribution in [2.45, 2.75) is 37.3 Å². The van der Waals surface area contributed by atoms with Crippen LogP contribution in [0, 0.1) is 5.92 Å². The third-order valence-corrected chi connectivity index (χ3v) is 6.17. The van der Waals surface area contributed by atoms with Crippen LogP contribution in [-0.4, -0.2) is 27.4 Å². The Morgan fingerprint density at radius 2 is 1.87 bits per heavy atom. The van der Waals surface area contributed by atoms with E-state index in [1.165, 1.54) is 6.07 Å². The van der Waals surface area contributed by atoms with E-state index in [4.69, 9.17) is 8.92 Å². The molecule has 5 nitrogen and oxygen atoms in total. The molecule has 0 spiro atoms. The minimum Gasteiger partial charge on any atom is -0.378 e. The van der Waals surface area contributed by atoms with Crippen molar-refractivity contribution in [1.29, 1.82) is 0 Å². The molecule has 2 aromatic rings. The maximum absolute atomic E-state index is 13.3. The summed E-state index contributed by atoms with van der Waals surface area (Å²) < 4.78 is 73.6. The van der Waals surface area contributed by atoms with E-state index in [-0.39, 0.29) is 18.6 Å². The smallest absolute Gasteiger partial charge is 0.378 e. The monoisotopic (exact) mass is 441 g/mol. The molecule has 9 heteroatoms. The van der Waals surface area contributed by atoms with E-state index in [2.05, 4.69) is 5.32 Å². The van der Waals surface area contributed by atoms with Crippen LogP contribution in [0.3, 0.4) is 0 Å². The van der Waals surface area contributed by atoms with Crippen LogP contribution in [-0.2, 0) is 25.2 Å². The summed E-state index contributed by atoms with van der Waals surface area (Å²) in [5.41, 5.74) is 1.31. The number of fused-ring (bicyclic) bond motifs is 3. The van der Waals surface area contributed by atoms with Crippen LogP contribution in [0.15, 0.2) is 48.5 Å². The van der Waals surface area contributed by atoms with Gasteiger partial charge in [-0.1, -0.05) is 30.3 Å². The summed E-state index contributed by atoms with van der Waals surface area (Å²) in [4.78, 5) is 0. The van der Waals surface area contributed by atoms with Gasteiger partial charge in [-0.3, -0.25) is 4.18 Å². The molecular weight excluding hydrogens is 419 g/mol. The zero-order chi connectivity index (χ0) is 21.5. The molecular formula is C21H22F3NO4S. The summed E-state index contributed by atoms with van der Waals surface area (Å²) in [6, 6.07) is 13.2. The quantitative estimate of drug-likeness (QED) is 0.698. The van der Waals surface area contributed by atoms with Crippen molar-refractivity contribution in [3.63, 3.8) is 0 Å². The molecule has 1 N–H and O–H groups in total. The molecule has 0 amide bonds. The molecule has 0 aromatic heterocycles. The second-order valence-corrected chi connectivity index (χ2v) is 9.38. The van der Waals surface area contributed by atoms with Crippen LogP contribution in [0.25, 0.3) is 0 Å². The Morgan fingerprint density at radius 3 is 2.53 bits per heavy atom. The molecule has 4 rings (SSSR count). The van der Waals surface area contributed by atoms with Gasteiger partial charge in [-0.25, -0.2) is 0 Å². The molecule has 0 aliphatic carbocycles. The highest BCUT2D eigenvalue weighted by Gasteiger charge is 2.43. The lowest BCUT2D eigenvalue weighted by molar-refractivity contribution is -0.138. The number of nitrogens with one attached hydrogen (secondary N) is 1. The summed E-state index contributed by atoms with van der Waals surface area (Å²) in [5, 5.41) is 3.39. The lowest BCUT2D eigenvalue weighted by atomic mass is 9.76. The average Bonchev–Trinajstić information content (AvgIpc) is 2.70. The van der Waals surface area contributed by atoms with E-state index in [1.807, 2.05) is 30.3 Å². The van der Waals surface area contributed by atoms with Gasteiger partial charge in [-0.05, 0) is 36.6 Å². The van der Waals surface area contributed by atoms with Crippen molar-refractivity contribution in [3.8, 4) is 0 Å². The lowest BCUT2D eigenvalue weighted by Gasteiger charge is -2.45. The Hall–Kier alpha value is -2.10. The van der Waals surface area contributed by atoms with Gasteiger partial charge < -0.3 is 10.1 Å². The van der Waals surface area contributed by atoms with Gasteiger partial charge in [0.1, 0.15) is 0 Å². The second-order valence-electron chi connectivity index (χ2n) is 7.74.